The summed E-state index contributed by atoms with van der Waals surface area (Å²) >= 11 is 0. The minimum absolute atomic E-state index is 0.00832. The van der Waals surface area contributed by atoms with Crippen LogP contribution in [0.5, 0.6) is 0 Å². The Hall–Kier alpha value is -2.18. The summed E-state index contributed by atoms with van der Waals surface area (Å²) in [5.41, 5.74) is 0. The number of hydrogen-bond acceptors (Lipinski definition) is 5. The van der Waals surface area contributed by atoms with Gasteiger partial charge in [-0.3, -0.25) is 9.59 Å². The van der Waals surface area contributed by atoms with Crippen LogP contribution in [0.25, 0.3) is 0 Å². The van der Waals surface area contributed by atoms with E-state index in [-0.39, 0.29) is 18.5 Å². The molecule has 0 aromatic rings. The van der Waals surface area contributed by atoms with Gasteiger partial charge in [0, 0.05) is 12.8 Å². The molecule has 6 nitrogen and oxygen atoms in total. The van der Waals surface area contributed by atoms with E-state index in [1.54, 1.807) is 6.08 Å². The molecule has 0 rings (SSSR count). The summed E-state index contributed by atoms with van der Waals surface area (Å²) in [5.74, 6) is -0.0508. The molecule has 0 aromatic carbocycles. The van der Waals surface area contributed by atoms with E-state index in [1.807, 2.05) is 6.08 Å². The molecule has 2 unspecified atom stereocenters. The summed E-state index contributed by atoms with van der Waals surface area (Å²) < 4.78 is 5.50. The smallest absolute Gasteiger partial charge is 0.305 e. The molecule has 6 heteroatoms. The average molecular weight is 1310 g/mol. The van der Waals surface area contributed by atoms with Gasteiger partial charge in [-0.2, -0.15) is 0 Å². The van der Waals surface area contributed by atoms with Crippen molar-refractivity contribution in [2.24, 2.45) is 0 Å². The maximum Gasteiger partial charge on any atom is 0.305 e. The fourth-order valence-corrected chi connectivity index (χ4v) is 13.4. The molecule has 548 valence electrons. The molecule has 0 aromatic heterocycles. The Morgan fingerprint density at radius 1 is 0.301 bits per heavy atom. The van der Waals surface area contributed by atoms with Crippen LogP contribution in [0.15, 0.2) is 48.6 Å². The summed E-state index contributed by atoms with van der Waals surface area (Å²) in [7, 11) is 0. The van der Waals surface area contributed by atoms with Gasteiger partial charge in [0.05, 0.1) is 25.4 Å². The van der Waals surface area contributed by atoms with Crippen LogP contribution in [0, 0.1) is 0 Å². The van der Waals surface area contributed by atoms with Crippen LogP contribution < -0.4 is 5.32 Å². The Morgan fingerprint density at radius 3 is 0.839 bits per heavy atom. The SMILES string of the molecule is CCCCCC/C=C\C/C=C\CCCCCCCC(=O)OCCCCCCCCCCCCCCCCCC/C=C\CCCCCCCCCCCCCCCCCCCC(=O)NC(CO)C(O)/C=C/CCCCCCCCCCCCCCCCCCCCCCC. The molecule has 0 radical (unpaired) electrons. The number of hydrogen-bond donors (Lipinski definition) is 3. The van der Waals surface area contributed by atoms with Gasteiger partial charge in [0.15, 0.2) is 0 Å². The molecule has 0 bridgehead atoms. The van der Waals surface area contributed by atoms with Gasteiger partial charge in [0.25, 0.3) is 0 Å². The number of carbonyl (C=O) groups is 2. The number of unbranched alkanes of at least 4 members (excludes halogenated alkanes) is 63. The van der Waals surface area contributed by atoms with Crippen molar-refractivity contribution >= 4 is 11.9 Å². The van der Waals surface area contributed by atoms with Gasteiger partial charge < -0.3 is 20.3 Å². The van der Waals surface area contributed by atoms with E-state index in [2.05, 4.69) is 55.6 Å². The van der Waals surface area contributed by atoms with Gasteiger partial charge in [-0.1, -0.05) is 416 Å². The maximum atomic E-state index is 12.6. The standard InChI is InChI=1S/C87H165NO5/c1-3-5-7-9-11-13-15-17-19-21-22-23-39-42-45-48-51-55-59-63-67-71-75-79-85(90)84(83-89)88-86(91)80-76-72-68-64-60-56-52-49-46-43-40-37-35-33-31-29-27-25-24-26-28-30-32-34-36-38-41-44-47-50-54-58-62-66-70-74-78-82-93-87(92)81-77-73-69-65-61-57-53-20-18-16-14-12-10-8-6-4-2/h14,16,20,24,26,53,75,79,84-85,89-90H,3-13,15,17-19,21-23,25,27-52,54-74,76-78,80-83H2,1-2H3,(H,88,91)/b16-14-,26-24-,53-20-,79-75+. The maximum absolute atomic E-state index is 12.6. The van der Waals surface area contributed by atoms with E-state index in [4.69, 9.17) is 4.74 Å². The Balaban J connectivity index is 3.36. The van der Waals surface area contributed by atoms with Crippen LogP contribution in [0.2, 0.25) is 0 Å². The zero-order chi connectivity index (χ0) is 67.0. The highest BCUT2D eigenvalue weighted by molar-refractivity contribution is 5.76. The third-order valence-corrected chi connectivity index (χ3v) is 19.8. The number of esters is 1. The number of aliphatic hydroxyl groups excluding tert-OH is 2. The van der Waals surface area contributed by atoms with Crippen molar-refractivity contribution in [3.63, 3.8) is 0 Å². The molecule has 0 fully saturated rings. The fraction of sp³-hybridized carbons (Fsp3) is 0.885. The summed E-state index contributed by atoms with van der Waals surface area (Å²) in [4.78, 5) is 24.7. The molecule has 93 heavy (non-hydrogen) atoms. The topological polar surface area (TPSA) is 95.9 Å². The lowest BCUT2D eigenvalue weighted by molar-refractivity contribution is -0.143. The lowest BCUT2D eigenvalue weighted by Gasteiger charge is -2.20. The second-order valence-corrected chi connectivity index (χ2v) is 29.2. The van der Waals surface area contributed by atoms with E-state index in [0.29, 0.717) is 19.4 Å². The van der Waals surface area contributed by atoms with Crippen molar-refractivity contribution in [3.05, 3.63) is 48.6 Å². The average Bonchev–Trinajstić information content (AvgIpc) is 3.78. The molecule has 0 aliphatic heterocycles. The number of aliphatic hydroxyl groups is 2. The molecule has 3 N–H and O–H groups in total. The number of allylic oxidation sites excluding steroid dienone is 7. The van der Waals surface area contributed by atoms with Crippen molar-refractivity contribution in [3.8, 4) is 0 Å². The molecular weight excluding hydrogens is 1140 g/mol. The second-order valence-electron chi connectivity index (χ2n) is 29.2. The summed E-state index contributed by atoms with van der Waals surface area (Å²) in [6.45, 7) is 4.93. The zero-order valence-corrected chi connectivity index (χ0v) is 63.0. The van der Waals surface area contributed by atoms with Crippen molar-refractivity contribution < 1.29 is 24.5 Å². The highest BCUT2D eigenvalue weighted by atomic mass is 16.5. The van der Waals surface area contributed by atoms with Gasteiger partial charge in [-0.15, -0.1) is 0 Å². The van der Waals surface area contributed by atoms with E-state index < -0.39 is 12.1 Å². The first-order valence-corrected chi connectivity index (χ1v) is 42.4. The largest absolute Gasteiger partial charge is 0.466 e. The number of ether oxygens (including phenoxy) is 1. The van der Waals surface area contributed by atoms with Crippen molar-refractivity contribution in [1.82, 2.24) is 5.32 Å². The molecular formula is C87H165NO5. The van der Waals surface area contributed by atoms with Crippen molar-refractivity contribution in [2.75, 3.05) is 13.2 Å². The molecule has 0 saturated heterocycles. The van der Waals surface area contributed by atoms with Gasteiger partial charge in [0.1, 0.15) is 0 Å². The number of rotatable bonds is 80. The summed E-state index contributed by atoms with van der Waals surface area (Å²) in [6, 6.07) is -0.627. The third-order valence-electron chi connectivity index (χ3n) is 19.8. The molecule has 0 aliphatic rings. The second kappa shape index (κ2) is 82.2. The number of nitrogens with one attached hydrogen (secondary N) is 1. The predicted octanol–water partition coefficient (Wildman–Crippen LogP) is 28.3. The van der Waals surface area contributed by atoms with Crippen LogP contribution in [0.3, 0.4) is 0 Å². The van der Waals surface area contributed by atoms with Crippen LogP contribution >= 0.6 is 0 Å². The first-order chi connectivity index (χ1) is 46.0. The van der Waals surface area contributed by atoms with Crippen LogP contribution in [0.4, 0.5) is 0 Å². The molecule has 0 aliphatic carbocycles. The van der Waals surface area contributed by atoms with E-state index in [0.717, 1.165) is 51.4 Å². The predicted molar refractivity (Wildman–Crippen MR) is 412 cm³/mol. The monoisotopic (exact) mass is 1300 g/mol. The lowest BCUT2D eigenvalue weighted by atomic mass is 10.0. The highest BCUT2D eigenvalue weighted by Gasteiger charge is 2.18. The van der Waals surface area contributed by atoms with Crippen molar-refractivity contribution in [2.45, 2.75) is 482 Å². The number of carbonyl (C=O) groups excluding carboxylic acids is 2. The van der Waals surface area contributed by atoms with Gasteiger partial charge in [0.2, 0.25) is 5.91 Å². The lowest BCUT2D eigenvalue weighted by Crippen LogP contribution is -2.45. The minimum Gasteiger partial charge on any atom is -0.466 e. The Kier molecular flexibility index (Phi) is 80.3. The molecule has 0 heterocycles. The summed E-state index contributed by atoms with van der Waals surface area (Å²) in [5, 5.41) is 23.3. The van der Waals surface area contributed by atoms with Gasteiger partial charge in [-0.05, 0) is 89.9 Å². The highest BCUT2D eigenvalue weighted by Crippen LogP contribution is 2.20. The van der Waals surface area contributed by atoms with Gasteiger partial charge >= 0.3 is 5.97 Å². The van der Waals surface area contributed by atoms with Crippen LogP contribution in [0.1, 0.15) is 470 Å². The Bertz CT molecular complexity index is 1550. The quantitative estimate of drug-likeness (QED) is 0.0320. The van der Waals surface area contributed by atoms with Crippen LogP contribution in [-0.2, 0) is 14.3 Å². The Morgan fingerprint density at radius 2 is 0.538 bits per heavy atom. The molecule has 0 spiro atoms. The summed E-state index contributed by atoms with van der Waals surface area (Å²) in [6.07, 6.45) is 110. The van der Waals surface area contributed by atoms with E-state index in [9.17, 15) is 19.8 Å². The van der Waals surface area contributed by atoms with Gasteiger partial charge in [-0.25, -0.2) is 0 Å². The van der Waals surface area contributed by atoms with Crippen molar-refractivity contribution in [1.29, 1.82) is 0 Å². The molecule has 2 atom stereocenters. The minimum atomic E-state index is -0.844. The third kappa shape index (κ3) is 78.7. The molecule has 0 saturated carbocycles. The molecule has 1 amide bonds. The first kappa shape index (κ1) is 90.8. The Labute approximate surface area is 582 Å². The normalized spacial score (nSPS) is 12.7. The number of amides is 1. The zero-order valence-electron chi connectivity index (χ0n) is 63.0. The van der Waals surface area contributed by atoms with Crippen LogP contribution in [-0.4, -0.2) is 47.4 Å². The fourth-order valence-electron chi connectivity index (χ4n) is 13.4. The van der Waals surface area contributed by atoms with E-state index in [1.165, 1.54) is 392 Å². The first-order valence-electron chi connectivity index (χ1n) is 42.4. The van der Waals surface area contributed by atoms with E-state index >= 15 is 0 Å².